The van der Waals surface area contributed by atoms with E-state index in [0.717, 1.165) is 26.9 Å². The summed E-state index contributed by atoms with van der Waals surface area (Å²) >= 11 is 0. The Morgan fingerprint density at radius 2 is 1.24 bits per heavy atom. The number of rotatable bonds is 5. The zero-order valence-electron chi connectivity index (χ0n) is 18.1. The van der Waals surface area contributed by atoms with Crippen LogP contribution in [0.4, 0.5) is 17.6 Å². The van der Waals surface area contributed by atoms with E-state index < -0.39 is 47.4 Å². The van der Waals surface area contributed by atoms with Crippen LogP contribution in [0, 0.1) is 23.3 Å². The maximum absolute atomic E-state index is 14.7. The Morgan fingerprint density at radius 3 is 1.94 bits per heavy atom. The Balaban J connectivity index is 1.69. The number of benzene rings is 5. The Morgan fingerprint density at radius 1 is 0.676 bits per heavy atom. The number of aldehydes is 1. The third-order valence-corrected chi connectivity index (χ3v) is 6.27. The van der Waals surface area contributed by atoms with Gasteiger partial charge in [-0.25, -0.2) is 17.6 Å². The minimum Gasteiger partial charge on any atom is -0.380 e. The van der Waals surface area contributed by atoms with Crippen molar-refractivity contribution < 1.29 is 27.1 Å². The van der Waals surface area contributed by atoms with Gasteiger partial charge in [0.05, 0.1) is 12.2 Å². The van der Waals surface area contributed by atoms with E-state index in [1.165, 1.54) is 7.11 Å². The minimum atomic E-state index is -1.50. The molecule has 170 valence electrons. The van der Waals surface area contributed by atoms with Crippen LogP contribution < -0.4 is 0 Å². The first-order valence-corrected chi connectivity index (χ1v) is 10.6. The summed E-state index contributed by atoms with van der Waals surface area (Å²) in [6.45, 7) is -0.608. The first-order valence-electron chi connectivity index (χ1n) is 10.6. The Hall–Kier alpha value is -3.77. The highest BCUT2D eigenvalue weighted by Gasteiger charge is 2.26. The molecule has 0 atom stereocenters. The molecule has 0 aromatic heterocycles. The SMILES string of the molecule is COCc1c(F)c(F)c(Cc2ccc3c(ccc4c5ccccc5ccc34)c2C=O)c(F)c1F. The molecule has 0 heterocycles. The molecule has 5 aromatic carbocycles. The van der Waals surface area contributed by atoms with E-state index in [4.69, 9.17) is 0 Å². The van der Waals surface area contributed by atoms with Crippen LogP contribution in [-0.4, -0.2) is 13.4 Å². The normalized spacial score (nSPS) is 11.6. The molecule has 2 nitrogen and oxygen atoms in total. The molecule has 0 amide bonds. The molecule has 5 aromatic rings. The van der Waals surface area contributed by atoms with Gasteiger partial charge in [-0.1, -0.05) is 60.7 Å². The van der Waals surface area contributed by atoms with Gasteiger partial charge in [-0.2, -0.15) is 0 Å². The Kier molecular flexibility index (Phi) is 5.54. The van der Waals surface area contributed by atoms with Crippen molar-refractivity contribution in [3.8, 4) is 0 Å². The van der Waals surface area contributed by atoms with E-state index in [1.54, 1.807) is 18.2 Å². The van der Waals surface area contributed by atoms with Crippen LogP contribution in [0.15, 0.2) is 60.7 Å². The van der Waals surface area contributed by atoms with Crippen molar-refractivity contribution in [3.63, 3.8) is 0 Å². The van der Waals surface area contributed by atoms with Crippen molar-refractivity contribution in [2.45, 2.75) is 13.0 Å². The van der Waals surface area contributed by atoms with E-state index in [2.05, 4.69) is 4.74 Å². The zero-order valence-corrected chi connectivity index (χ0v) is 18.1. The molecular weight excluding hydrogens is 444 g/mol. The topological polar surface area (TPSA) is 26.3 Å². The lowest BCUT2D eigenvalue weighted by Crippen LogP contribution is -2.10. The molecule has 0 N–H and O–H groups in total. The number of carbonyl (C=O) groups is 1. The largest absolute Gasteiger partial charge is 0.380 e. The molecule has 34 heavy (non-hydrogen) atoms. The number of hydrogen-bond donors (Lipinski definition) is 0. The van der Waals surface area contributed by atoms with Crippen molar-refractivity contribution in [2.24, 2.45) is 0 Å². The molecule has 6 heteroatoms. The summed E-state index contributed by atoms with van der Waals surface area (Å²) in [5.74, 6) is -5.98. The first-order chi connectivity index (χ1) is 16.5. The van der Waals surface area contributed by atoms with Gasteiger partial charge in [0.25, 0.3) is 0 Å². The Bertz CT molecular complexity index is 1580. The maximum Gasteiger partial charge on any atom is 0.167 e. The fourth-order valence-corrected chi connectivity index (χ4v) is 4.61. The van der Waals surface area contributed by atoms with Gasteiger partial charge in [-0.05, 0) is 37.9 Å². The molecule has 0 radical (unpaired) electrons. The lowest BCUT2D eigenvalue weighted by atomic mass is 9.91. The van der Waals surface area contributed by atoms with Crippen molar-refractivity contribution in [2.75, 3.05) is 7.11 Å². The molecular formula is C28H18F4O2. The van der Waals surface area contributed by atoms with Crippen LogP contribution in [0.5, 0.6) is 0 Å². The van der Waals surface area contributed by atoms with Crippen LogP contribution in [-0.2, 0) is 17.8 Å². The molecule has 5 rings (SSSR count). The van der Waals surface area contributed by atoms with E-state index in [0.29, 0.717) is 11.7 Å². The molecule has 0 aliphatic heterocycles. The lowest BCUT2D eigenvalue weighted by molar-refractivity contribution is 0.112. The van der Waals surface area contributed by atoms with Crippen LogP contribution in [0.3, 0.4) is 0 Å². The lowest BCUT2D eigenvalue weighted by Gasteiger charge is -2.15. The summed E-state index contributed by atoms with van der Waals surface area (Å²) in [6, 6.07) is 18.9. The summed E-state index contributed by atoms with van der Waals surface area (Å²) in [5.41, 5.74) is -1.11. The predicted octanol–water partition coefficient (Wildman–Crippen LogP) is 7.25. The number of halogens is 4. The van der Waals surface area contributed by atoms with Crippen LogP contribution in [0.25, 0.3) is 32.3 Å². The highest BCUT2D eigenvalue weighted by atomic mass is 19.2. The molecule has 0 aliphatic carbocycles. The first kappa shape index (κ1) is 22.0. The van der Waals surface area contributed by atoms with E-state index >= 15 is 0 Å². The summed E-state index contributed by atoms with van der Waals surface area (Å²) in [5, 5.41) is 5.45. The second-order valence-electron chi connectivity index (χ2n) is 8.12. The quantitative estimate of drug-likeness (QED) is 0.119. The molecule has 0 bridgehead atoms. The molecule has 0 fully saturated rings. The number of methoxy groups -OCH3 is 1. The number of carbonyl (C=O) groups excluding carboxylic acids is 1. The predicted molar refractivity (Wildman–Crippen MR) is 124 cm³/mol. The Labute approximate surface area is 192 Å². The maximum atomic E-state index is 14.7. The van der Waals surface area contributed by atoms with Crippen molar-refractivity contribution in [1.82, 2.24) is 0 Å². The number of ether oxygens (including phenoxy) is 1. The van der Waals surface area contributed by atoms with Gasteiger partial charge in [0.1, 0.15) is 0 Å². The van der Waals surface area contributed by atoms with Gasteiger partial charge in [0.15, 0.2) is 29.6 Å². The van der Waals surface area contributed by atoms with Crippen molar-refractivity contribution >= 4 is 38.6 Å². The summed E-state index contributed by atoms with van der Waals surface area (Å²) in [6.07, 6.45) is 0.116. The monoisotopic (exact) mass is 462 g/mol. The zero-order chi connectivity index (χ0) is 24.0. The number of hydrogen-bond acceptors (Lipinski definition) is 2. The second kappa shape index (κ2) is 8.54. The summed E-state index contributed by atoms with van der Waals surface area (Å²) < 4.78 is 62.8. The molecule has 0 saturated heterocycles. The second-order valence-corrected chi connectivity index (χ2v) is 8.12. The average Bonchev–Trinajstić information content (AvgIpc) is 2.87. The minimum absolute atomic E-state index is 0.216. The molecule has 0 aliphatic rings. The van der Waals surface area contributed by atoms with E-state index in [1.807, 2.05) is 42.5 Å². The highest BCUT2D eigenvalue weighted by Crippen LogP contribution is 2.34. The van der Waals surface area contributed by atoms with Gasteiger partial charge >= 0.3 is 0 Å². The highest BCUT2D eigenvalue weighted by molar-refractivity contribution is 6.19. The van der Waals surface area contributed by atoms with Gasteiger partial charge < -0.3 is 4.74 Å². The summed E-state index contributed by atoms with van der Waals surface area (Å²) in [7, 11) is 1.17. The van der Waals surface area contributed by atoms with Crippen molar-refractivity contribution in [1.29, 1.82) is 0 Å². The van der Waals surface area contributed by atoms with Crippen LogP contribution >= 0.6 is 0 Å². The van der Waals surface area contributed by atoms with Crippen molar-refractivity contribution in [3.05, 3.63) is 106 Å². The fourth-order valence-electron chi connectivity index (χ4n) is 4.61. The fraction of sp³-hybridized carbons (Fsp3) is 0.107. The van der Waals surface area contributed by atoms with E-state index in [9.17, 15) is 22.4 Å². The van der Waals surface area contributed by atoms with Gasteiger partial charge in [-0.15, -0.1) is 0 Å². The summed E-state index contributed by atoms with van der Waals surface area (Å²) in [4.78, 5) is 12.1. The van der Waals surface area contributed by atoms with Gasteiger partial charge in [0.2, 0.25) is 0 Å². The van der Waals surface area contributed by atoms with E-state index in [-0.39, 0.29) is 11.1 Å². The smallest absolute Gasteiger partial charge is 0.167 e. The molecule has 0 saturated carbocycles. The third-order valence-electron chi connectivity index (χ3n) is 6.27. The molecule has 0 unspecified atom stereocenters. The molecule has 0 spiro atoms. The standard InChI is InChI=1S/C28H18F4O2/c1-34-14-24-27(31)25(29)22(26(30)28(24)32)12-16-7-9-20-19-8-6-15-4-2-3-5-17(15)18(19)10-11-21(20)23(16)13-33/h2-11,13H,12,14H2,1H3. The van der Waals surface area contributed by atoms with Gasteiger partial charge in [0, 0.05) is 24.7 Å². The third kappa shape index (κ3) is 3.33. The number of fused-ring (bicyclic) bond motifs is 5. The average molecular weight is 462 g/mol. The van der Waals surface area contributed by atoms with Gasteiger partial charge in [-0.3, -0.25) is 4.79 Å². The van der Waals surface area contributed by atoms with Crippen LogP contribution in [0.1, 0.15) is 27.0 Å². The van der Waals surface area contributed by atoms with Crippen LogP contribution in [0.2, 0.25) is 0 Å².